The van der Waals surface area contributed by atoms with Gasteiger partial charge >= 0.3 is 0 Å². The van der Waals surface area contributed by atoms with Crippen molar-refractivity contribution in [2.75, 3.05) is 0 Å². The van der Waals surface area contributed by atoms with Crippen molar-refractivity contribution < 1.29 is 8.91 Å². The van der Waals surface area contributed by atoms with Gasteiger partial charge in [-0.25, -0.2) is 9.37 Å². The molecule has 120 valence electrons. The number of rotatable bonds is 4. The molecule has 0 aliphatic rings. The number of imidazole rings is 1. The number of fused-ring (bicyclic) bond motifs is 1. The highest BCUT2D eigenvalue weighted by Gasteiger charge is 2.13. The van der Waals surface area contributed by atoms with Crippen LogP contribution in [0.15, 0.2) is 53.3 Å². The van der Waals surface area contributed by atoms with Gasteiger partial charge in [-0.3, -0.25) is 0 Å². The van der Waals surface area contributed by atoms with Gasteiger partial charge in [0.25, 0.3) is 5.89 Å². The summed E-state index contributed by atoms with van der Waals surface area (Å²) in [4.78, 5) is 8.78. The summed E-state index contributed by atoms with van der Waals surface area (Å²) in [6.45, 7) is 3.03. The summed E-state index contributed by atoms with van der Waals surface area (Å²) >= 11 is 0. The minimum absolute atomic E-state index is 0.298. The fourth-order valence-corrected chi connectivity index (χ4v) is 2.69. The molecule has 0 saturated carbocycles. The summed E-state index contributed by atoms with van der Waals surface area (Å²) in [7, 11) is 0. The lowest BCUT2D eigenvalue weighted by atomic mass is 10.2. The molecule has 2 aromatic heterocycles. The predicted octanol–water partition coefficient (Wildman–Crippen LogP) is 4.30. The molecule has 0 aliphatic carbocycles. The van der Waals surface area contributed by atoms with Crippen molar-refractivity contribution in [3.05, 3.63) is 54.6 Å². The van der Waals surface area contributed by atoms with Gasteiger partial charge in [0.2, 0.25) is 5.82 Å². The van der Waals surface area contributed by atoms with Crippen molar-refractivity contribution in [1.29, 1.82) is 0 Å². The van der Waals surface area contributed by atoms with Gasteiger partial charge in [-0.1, -0.05) is 18.1 Å². The van der Waals surface area contributed by atoms with Crippen LogP contribution in [0.2, 0.25) is 0 Å². The molecule has 2 aromatic carbocycles. The Labute approximate surface area is 137 Å². The van der Waals surface area contributed by atoms with Crippen molar-refractivity contribution >= 4 is 11.0 Å². The van der Waals surface area contributed by atoms with E-state index in [0.29, 0.717) is 17.3 Å². The van der Waals surface area contributed by atoms with E-state index in [1.54, 1.807) is 12.1 Å². The Morgan fingerprint density at radius 2 is 2.04 bits per heavy atom. The summed E-state index contributed by atoms with van der Waals surface area (Å²) < 4.78 is 20.7. The van der Waals surface area contributed by atoms with Crippen molar-refractivity contribution in [2.45, 2.75) is 19.9 Å². The Morgan fingerprint density at radius 3 is 2.88 bits per heavy atom. The average Bonchev–Trinajstić information content (AvgIpc) is 3.22. The zero-order chi connectivity index (χ0) is 16.5. The molecule has 0 bridgehead atoms. The van der Waals surface area contributed by atoms with E-state index in [0.717, 1.165) is 29.6 Å². The SMILES string of the molecule is CCCn1cnc2ccc(-c3noc(-c4cccc(F)c4)n3)cc21. The lowest BCUT2D eigenvalue weighted by Crippen LogP contribution is -1.94. The normalized spacial score (nSPS) is 11.2. The van der Waals surface area contributed by atoms with Crippen molar-refractivity contribution in [3.8, 4) is 22.8 Å². The fraction of sp³-hybridized carbons (Fsp3) is 0.167. The van der Waals surface area contributed by atoms with Gasteiger partial charge in [0.15, 0.2) is 0 Å². The molecule has 0 N–H and O–H groups in total. The highest BCUT2D eigenvalue weighted by Crippen LogP contribution is 2.25. The molecule has 0 spiro atoms. The van der Waals surface area contributed by atoms with Crippen LogP contribution in [0.3, 0.4) is 0 Å². The Bertz CT molecular complexity index is 1010. The highest BCUT2D eigenvalue weighted by atomic mass is 19.1. The molecule has 0 atom stereocenters. The number of hydrogen-bond donors (Lipinski definition) is 0. The second kappa shape index (κ2) is 5.88. The zero-order valence-electron chi connectivity index (χ0n) is 13.1. The van der Waals surface area contributed by atoms with E-state index in [2.05, 4.69) is 26.6 Å². The molecule has 0 unspecified atom stereocenters. The number of benzene rings is 2. The van der Waals surface area contributed by atoms with E-state index in [1.807, 2.05) is 24.5 Å². The van der Waals surface area contributed by atoms with Gasteiger partial charge in [0, 0.05) is 17.7 Å². The van der Waals surface area contributed by atoms with Crippen molar-refractivity contribution in [2.24, 2.45) is 0 Å². The molecular weight excluding hydrogens is 307 g/mol. The van der Waals surface area contributed by atoms with Crippen LogP contribution in [0.1, 0.15) is 13.3 Å². The lowest BCUT2D eigenvalue weighted by molar-refractivity contribution is 0.432. The Kier molecular flexibility index (Phi) is 3.57. The maximum atomic E-state index is 13.3. The maximum absolute atomic E-state index is 13.3. The van der Waals surface area contributed by atoms with E-state index >= 15 is 0 Å². The van der Waals surface area contributed by atoms with E-state index < -0.39 is 0 Å². The third-order valence-electron chi connectivity index (χ3n) is 3.84. The monoisotopic (exact) mass is 322 g/mol. The minimum Gasteiger partial charge on any atom is -0.334 e. The first-order valence-corrected chi connectivity index (χ1v) is 7.79. The predicted molar refractivity (Wildman–Crippen MR) is 88.7 cm³/mol. The molecular formula is C18H15FN4O. The molecule has 2 heterocycles. The van der Waals surface area contributed by atoms with Crippen LogP contribution in [0, 0.1) is 5.82 Å². The first-order valence-electron chi connectivity index (χ1n) is 7.79. The number of aromatic nitrogens is 4. The molecule has 0 fully saturated rings. The van der Waals surface area contributed by atoms with Crippen LogP contribution in [-0.4, -0.2) is 19.7 Å². The van der Waals surface area contributed by atoms with Gasteiger partial charge in [-0.2, -0.15) is 4.98 Å². The van der Waals surface area contributed by atoms with Crippen LogP contribution in [0.4, 0.5) is 4.39 Å². The van der Waals surface area contributed by atoms with Gasteiger partial charge < -0.3 is 9.09 Å². The molecule has 5 nitrogen and oxygen atoms in total. The third-order valence-corrected chi connectivity index (χ3v) is 3.84. The van der Waals surface area contributed by atoms with Crippen molar-refractivity contribution in [3.63, 3.8) is 0 Å². The third kappa shape index (κ3) is 2.56. The Balaban J connectivity index is 1.74. The second-order valence-electron chi connectivity index (χ2n) is 5.57. The summed E-state index contributed by atoms with van der Waals surface area (Å²) in [5, 5.41) is 4.02. The van der Waals surface area contributed by atoms with Gasteiger partial charge in [-0.05, 0) is 42.8 Å². The average molecular weight is 322 g/mol. The second-order valence-corrected chi connectivity index (χ2v) is 5.57. The Morgan fingerprint density at radius 1 is 1.12 bits per heavy atom. The summed E-state index contributed by atoms with van der Waals surface area (Å²) in [5.74, 6) is 0.434. The van der Waals surface area contributed by atoms with Crippen LogP contribution in [0.5, 0.6) is 0 Å². The summed E-state index contributed by atoms with van der Waals surface area (Å²) in [5.41, 5.74) is 3.37. The maximum Gasteiger partial charge on any atom is 0.258 e. The van der Waals surface area contributed by atoms with E-state index in [1.165, 1.54) is 12.1 Å². The lowest BCUT2D eigenvalue weighted by Gasteiger charge is -2.02. The molecule has 24 heavy (non-hydrogen) atoms. The summed E-state index contributed by atoms with van der Waals surface area (Å²) in [6, 6.07) is 11.9. The summed E-state index contributed by atoms with van der Waals surface area (Å²) in [6.07, 6.45) is 2.87. The van der Waals surface area contributed by atoms with Crippen LogP contribution in [-0.2, 0) is 6.54 Å². The first kappa shape index (κ1) is 14.6. The highest BCUT2D eigenvalue weighted by molar-refractivity contribution is 5.80. The fourth-order valence-electron chi connectivity index (χ4n) is 2.69. The quantitative estimate of drug-likeness (QED) is 0.562. The number of halogens is 1. The Hall–Kier alpha value is -3.02. The van der Waals surface area contributed by atoms with Crippen LogP contribution in [0.25, 0.3) is 33.9 Å². The van der Waals surface area contributed by atoms with Gasteiger partial charge in [0.1, 0.15) is 5.82 Å². The zero-order valence-corrected chi connectivity index (χ0v) is 13.1. The van der Waals surface area contributed by atoms with Crippen LogP contribution >= 0.6 is 0 Å². The van der Waals surface area contributed by atoms with E-state index in [9.17, 15) is 4.39 Å². The molecule has 0 aliphatic heterocycles. The van der Waals surface area contributed by atoms with Crippen LogP contribution < -0.4 is 0 Å². The molecule has 0 amide bonds. The minimum atomic E-state index is -0.336. The first-order chi connectivity index (χ1) is 11.7. The molecule has 4 aromatic rings. The molecule has 0 radical (unpaired) electrons. The number of aryl methyl sites for hydroxylation is 1. The van der Waals surface area contributed by atoms with E-state index in [4.69, 9.17) is 4.52 Å². The topological polar surface area (TPSA) is 56.7 Å². The van der Waals surface area contributed by atoms with Crippen molar-refractivity contribution in [1.82, 2.24) is 19.7 Å². The van der Waals surface area contributed by atoms with E-state index in [-0.39, 0.29) is 5.82 Å². The number of hydrogen-bond acceptors (Lipinski definition) is 4. The molecule has 4 rings (SSSR count). The standard InChI is InChI=1S/C18H15FN4O/c1-2-8-23-11-20-15-7-6-12(10-16(15)23)17-21-18(24-22-17)13-4-3-5-14(19)9-13/h3-7,9-11H,2,8H2,1H3. The smallest absolute Gasteiger partial charge is 0.258 e. The van der Waals surface area contributed by atoms with Gasteiger partial charge in [-0.15, -0.1) is 0 Å². The largest absolute Gasteiger partial charge is 0.334 e. The van der Waals surface area contributed by atoms with Gasteiger partial charge in [0.05, 0.1) is 17.4 Å². The number of nitrogens with zero attached hydrogens (tertiary/aromatic N) is 4. The molecule has 6 heteroatoms. The molecule has 0 saturated heterocycles.